The van der Waals surface area contributed by atoms with Crippen LogP contribution in [0.15, 0.2) is 53.4 Å². The standard InChI is InChI=1S/C47H56BrF2N10O5P/c1-3-29-22-37(54-47-52-26-34(48)44(56-47)53-38-27-51-12-8-41(38)66(64)20-4-5-21-66)40(65-2)25-39(29)58-14-10-31(11-15-58)57-16-18-59(19-17-57)46(63)30-9-13-60(28-30)32-23-35(49)43(36(50)24-32)33-6-7-42(61)55-45(33)62/h8,12,22-27,30-31,33H,3-7,9-11,13-21,28H2,1-2H3,(H,55,61,62)(H2,52,53,54,56)/t30-,33?/m1/s1. The van der Waals surface area contributed by atoms with E-state index in [9.17, 15) is 18.9 Å². The second kappa shape index (κ2) is 19.6. The second-order valence-electron chi connectivity index (χ2n) is 17.9. The van der Waals surface area contributed by atoms with Gasteiger partial charge in [0.1, 0.15) is 30.3 Å². The van der Waals surface area contributed by atoms with Crippen molar-refractivity contribution in [2.24, 2.45) is 5.92 Å². The number of nitrogens with one attached hydrogen (secondary N) is 3. The van der Waals surface area contributed by atoms with Gasteiger partial charge in [0.05, 0.1) is 41.0 Å². The van der Waals surface area contributed by atoms with E-state index in [1.807, 2.05) is 15.9 Å². The van der Waals surface area contributed by atoms with Crippen molar-refractivity contribution in [3.8, 4) is 5.75 Å². The number of nitrogens with zero attached hydrogens (tertiary/aromatic N) is 7. The summed E-state index contributed by atoms with van der Waals surface area (Å²) in [6, 6.07) is 8.95. The molecule has 0 radical (unpaired) electrons. The van der Waals surface area contributed by atoms with Gasteiger partial charge in [-0.05, 0) is 90.7 Å². The summed E-state index contributed by atoms with van der Waals surface area (Å²) in [7, 11) is -0.834. The molecule has 15 nitrogen and oxygen atoms in total. The lowest BCUT2D eigenvalue weighted by Gasteiger charge is -2.44. The first kappa shape index (κ1) is 45.9. The number of ether oxygens (including phenoxy) is 1. The van der Waals surface area contributed by atoms with Crippen LogP contribution in [0.4, 0.5) is 43.3 Å². The quantitative estimate of drug-likeness (QED) is 0.0992. The summed E-state index contributed by atoms with van der Waals surface area (Å²) in [4.78, 5) is 60.0. The zero-order valence-corrected chi connectivity index (χ0v) is 39.8. The van der Waals surface area contributed by atoms with E-state index in [0.29, 0.717) is 84.3 Å². The van der Waals surface area contributed by atoms with E-state index in [4.69, 9.17) is 9.72 Å². The molecule has 66 heavy (non-hydrogen) atoms. The molecule has 5 aliphatic rings. The predicted molar refractivity (Wildman–Crippen MR) is 254 cm³/mol. The number of imide groups is 1. The summed E-state index contributed by atoms with van der Waals surface area (Å²) in [5.74, 6) is -2.44. The van der Waals surface area contributed by atoms with E-state index in [-0.39, 0.29) is 30.2 Å². The molecule has 2 atom stereocenters. The van der Waals surface area contributed by atoms with E-state index in [2.05, 4.69) is 70.7 Å². The number of aromatic nitrogens is 3. The van der Waals surface area contributed by atoms with Gasteiger partial charge in [-0.2, -0.15) is 4.98 Å². The number of piperidine rings is 2. The van der Waals surface area contributed by atoms with Crippen LogP contribution < -0.4 is 35.8 Å². The van der Waals surface area contributed by atoms with Crippen LogP contribution in [0.5, 0.6) is 5.75 Å². The summed E-state index contributed by atoms with van der Waals surface area (Å²) in [6.45, 7) is 7.63. The molecule has 3 amide bonds. The first-order valence-corrected chi connectivity index (χ1v) is 25.9. The summed E-state index contributed by atoms with van der Waals surface area (Å²) in [5, 5.41) is 9.74. The highest BCUT2D eigenvalue weighted by Crippen LogP contribution is 2.52. The molecule has 0 bridgehead atoms. The van der Waals surface area contributed by atoms with Crippen molar-refractivity contribution in [2.75, 3.05) is 92.2 Å². The van der Waals surface area contributed by atoms with Crippen molar-refractivity contribution < 1.29 is 32.5 Å². The van der Waals surface area contributed by atoms with Gasteiger partial charge in [-0.3, -0.25) is 29.6 Å². The number of hydrogen-bond donors (Lipinski definition) is 3. The van der Waals surface area contributed by atoms with Crippen LogP contribution in [0.25, 0.3) is 0 Å². The van der Waals surface area contributed by atoms with Crippen LogP contribution in [0, 0.1) is 17.6 Å². The highest BCUT2D eigenvalue weighted by Gasteiger charge is 2.37. The highest BCUT2D eigenvalue weighted by molar-refractivity contribution is 9.10. The fraction of sp³-hybridized carbons (Fsp3) is 0.489. The maximum atomic E-state index is 15.3. The average Bonchev–Trinajstić information content (AvgIpc) is 4.01. The average molecular weight is 990 g/mol. The maximum absolute atomic E-state index is 15.3. The molecule has 19 heteroatoms. The minimum absolute atomic E-state index is 0.0283. The molecule has 2 aromatic carbocycles. The third-order valence-corrected chi connectivity index (χ3v) is 18.0. The Morgan fingerprint density at radius 2 is 1.65 bits per heavy atom. The molecule has 5 saturated heterocycles. The summed E-state index contributed by atoms with van der Waals surface area (Å²) in [5.41, 5.74) is 3.78. The number of carbonyl (C=O) groups excluding carboxylic acids is 3. The fourth-order valence-electron chi connectivity index (χ4n) is 10.4. The zero-order valence-electron chi connectivity index (χ0n) is 37.3. The fourth-order valence-corrected chi connectivity index (χ4v) is 13.8. The number of hydrogen-bond acceptors (Lipinski definition) is 13. The molecule has 7 heterocycles. The number of anilines is 6. The minimum atomic E-state index is -2.49. The number of benzene rings is 2. The Morgan fingerprint density at radius 1 is 0.924 bits per heavy atom. The van der Waals surface area contributed by atoms with Crippen LogP contribution in [-0.2, 0) is 25.4 Å². The highest BCUT2D eigenvalue weighted by atomic mass is 79.9. The van der Waals surface area contributed by atoms with Gasteiger partial charge in [0.15, 0.2) is 0 Å². The SMILES string of the molecule is CCc1cc(Nc2ncc(Br)c(Nc3cnccc3P3(=O)CCCC3)n2)c(OC)cc1N1CCC(N2CCN(C(=O)[C@@H]3CCN(c4cc(F)c(C5CCC(=O)NC5=O)c(F)c4)C3)CC2)CC1. The van der Waals surface area contributed by atoms with Gasteiger partial charge in [0.25, 0.3) is 0 Å². The maximum Gasteiger partial charge on any atom is 0.234 e. The summed E-state index contributed by atoms with van der Waals surface area (Å²) in [6.07, 6.45) is 11.9. The first-order valence-electron chi connectivity index (χ1n) is 23.1. The van der Waals surface area contributed by atoms with E-state index in [1.54, 1.807) is 25.7 Å². The Bertz CT molecular complexity index is 2520. The Morgan fingerprint density at radius 3 is 2.35 bits per heavy atom. The Kier molecular flexibility index (Phi) is 13.6. The monoisotopic (exact) mass is 988 g/mol. The molecular weight excluding hydrogens is 933 g/mol. The Balaban J connectivity index is 0.781. The summed E-state index contributed by atoms with van der Waals surface area (Å²) < 4.78 is 50.9. The molecule has 0 spiro atoms. The number of piperazine rings is 1. The largest absolute Gasteiger partial charge is 0.494 e. The molecule has 3 N–H and O–H groups in total. The van der Waals surface area contributed by atoms with Gasteiger partial charge < -0.3 is 34.6 Å². The molecule has 0 aliphatic carbocycles. The van der Waals surface area contributed by atoms with Crippen LogP contribution in [0.2, 0.25) is 0 Å². The van der Waals surface area contributed by atoms with Gasteiger partial charge in [-0.25, -0.2) is 13.8 Å². The number of carbonyl (C=O) groups is 3. The summed E-state index contributed by atoms with van der Waals surface area (Å²) >= 11 is 3.59. The Hall–Kier alpha value is -5.19. The lowest BCUT2D eigenvalue weighted by Crippen LogP contribution is -2.55. The normalized spacial score (nSPS) is 21.6. The van der Waals surface area contributed by atoms with E-state index >= 15 is 8.78 Å². The third kappa shape index (κ3) is 9.50. The lowest BCUT2D eigenvalue weighted by atomic mass is 9.89. The molecule has 350 valence electrons. The zero-order chi connectivity index (χ0) is 46.1. The van der Waals surface area contributed by atoms with Crippen molar-refractivity contribution in [1.82, 2.24) is 30.1 Å². The topological polar surface area (TPSA) is 165 Å². The van der Waals surface area contributed by atoms with Gasteiger partial charge in [-0.1, -0.05) is 6.92 Å². The van der Waals surface area contributed by atoms with Gasteiger partial charge in [0.2, 0.25) is 23.7 Å². The lowest BCUT2D eigenvalue weighted by molar-refractivity contribution is -0.137. The molecule has 1 unspecified atom stereocenters. The van der Waals surface area contributed by atoms with Crippen molar-refractivity contribution in [2.45, 2.75) is 70.3 Å². The van der Waals surface area contributed by atoms with E-state index < -0.39 is 36.5 Å². The van der Waals surface area contributed by atoms with Crippen LogP contribution in [0.1, 0.15) is 68.9 Å². The Labute approximate surface area is 391 Å². The smallest absolute Gasteiger partial charge is 0.234 e. The molecule has 2 aromatic heterocycles. The first-order chi connectivity index (χ1) is 31.9. The van der Waals surface area contributed by atoms with E-state index in [1.165, 1.54) is 17.7 Å². The van der Waals surface area contributed by atoms with Gasteiger partial charge in [-0.15, -0.1) is 0 Å². The number of rotatable bonds is 12. The number of methoxy groups -OCH3 is 1. The number of amides is 3. The molecule has 9 rings (SSSR count). The number of halogens is 3. The van der Waals surface area contributed by atoms with Crippen LogP contribution in [-0.4, -0.2) is 120 Å². The van der Waals surface area contributed by atoms with Crippen molar-refractivity contribution >= 4 is 80.6 Å². The number of aryl methyl sites for hydroxylation is 1. The molecule has 0 saturated carbocycles. The molecule has 5 fully saturated rings. The number of pyridine rings is 1. The van der Waals surface area contributed by atoms with Crippen molar-refractivity contribution in [3.05, 3.63) is 76.2 Å². The van der Waals surface area contributed by atoms with Crippen molar-refractivity contribution in [1.29, 1.82) is 0 Å². The minimum Gasteiger partial charge on any atom is -0.494 e. The third-order valence-electron chi connectivity index (χ3n) is 14.1. The molecular formula is C47H56BrF2N10O5P. The van der Waals surface area contributed by atoms with Gasteiger partial charge in [0, 0.05) is 118 Å². The van der Waals surface area contributed by atoms with E-state index in [0.717, 1.165) is 75.0 Å². The molecule has 5 aliphatic heterocycles. The van der Waals surface area contributed by atoms with Crippen LogP contribution in [0.3, 0.4) is 0 Å². The predicted octanol–water partition coefficient (Wildman–Crippen LogP) is 6.91. The second-order valence-corrected chi connectivity index (χ2v) is 22.0. The van der Waals surface area contributed by atoms with Crippen molar-refractivity contribution in [3.63, 3.8) is 0 Å². The van der Waals surface area contributed by atoms with Gasteiger partial charge >= 0.3 is 0 Å². The van der Waals surface area contributed by atoms with Crippen LogP contribution >= 0.6 is 23.1 Å². The molecule has 4 aromatic rings.